The Hall–Kier alpha value is -1.20. The maximum absolute atomic E-state index is 4.55. The number of aromatic nitrogens is 3. The molecular formula is C15H21BrN4. The van der Waals surface area contributed by atoms with E-state index in [1.54, 1.807) is 0 Å². The van der Waals surface area contributed by atoms with Gasteiger partial charge in [-0.15, -0.1) is 0 Å². The Kier molecular flexibility index (Phi) is 5.31. The monoisotopic (exact) mass is 336 g/mol. The van der Waals surface area contributed by atoms with E-state index in [4.69, 9.17) is 0 Å². The van der Waals surface area contributed by atoms with Crippen LogP contribution in [-0.2, 0) is 13.1 Å². The number of nitrogens with zero attached hydrogens (tertiary/aromatic N) is 3. The second kappa shape index (κ2) is 6.99. The number of aryl methyl sites for hydroxylation is 1. The molecule has 0 aliphatic heterocycles. The maximum Gasteiger partial charge on any atom is 0.0831 e. The van der Waals surface area contributed by atoms with Crippen molar-refractivity contribution < 1.29 is 0 Å². The number of hydrogen-bond donors (Lipinski definition) is 1. The van der Waals surface area contributed by atoms with Crippen molar-refractivity contribution in [2.45, 2.75) is 33.9 Å². The van der Waals surface area contributed by atoms with E-state index in [1.165, 1.54) is 5.56 Å². The minimum absolute atomic E-state index is 0.664. The first-order chi connectivity index (χ1) is 9.54. The predicted octanol–water partition coefficient (Wildman–Crippen LogP) is 3.14. The van der Waals surface area contributed by atoms with Crippen LogP contribution in [0.4, 0.5) is 0 Å². The highest BCUT2D eigenvalue weighted by Gasteiger charge is 2.06. The Morgan fingerprint density at radius 2 is 2.15 bits per heavy atom. The lowest BCUT2D eigenvalue weighted by atomic mass is 10.2. The zero-order valence-electron chi connectivity index (χ0n) is 12.2. The summed E-state index contributed by atoms with van der Waals surface area (Å²) in [6.45, 7) is 9.08. The van der Waals surface area contributed by atoms with E-state index < -0.39 is 0 Å². The molecule has 4 nitrogen and oxygen atoms in total. The molecule has 2 rings (SSSR count). The highest BCUT2D eigenvalue weighted by atomic mass is 79.9. The molecule has 0 aliphatic rings. The number of rotatable bonds is 6. The molecular weight excluding hydrogens is 316 g/mol. The minimum atomic E-state index is 0.664. The van der Waals surface area contributed by atoms with Gasteiger partial charge in [-0.2, -0.15) is 5.10 Å². The molecule has 0 radical (unpaired) electrons. The summed E-state index contributed by atoms with van der Waals surface area (Å²) in [5, 5.41) is 8.00. The molecule has 2 aromatic heterocycles. The second-order valence-electron chi connectivity index (χ2n) is 5.43. The third kappa shape index (κ3) is 4.42. The highest BCUT2D eigenvalue weighted by molar-refractivity contribution is 9.10. The molecule has 0 saturated carbocycles. The fourth-order valence-corrected chi connectivity index (χ4v) is 2.21. The molecule has 0 saturated heterocycles. The van der Waals surface area contributed by atoms with E-state index in [1.807, 2.05) is 23.0 Å². The first-order valence-electron chi connectivity index (χ1n) is 6.88. The second-order valence-corrected chi connectivity index (χ2v) is 6.35. The van der Waals surface area contributed by atoms with Crippen molar-refractivity contribution in [3.63, 3.8) is 0 Å². The van der Waals surface area contributed by atoms with Crippen LogP contribution in [-0.4, -0.2) is 21.3 Å². The summed E-state index contributed by atoms with van der Waals surface area (Å²) in [6, 6.07) is 4.02. The van der Waals surface area contributed by atoms with Crippen molar-refractivity contribution in [2.24, 2.45) is 5.92 Å². The van der Waals surface area contributed by atoms with Gasteiger partial charge in [0.05, 0.1) is 17.9 Å². The lowest BCUT2D eigenvalue weighted by molar-refractivity contribution is 0.551. The molecule has 20 heavy (non-hydrogen) atoms. The van der Waals surface area contributed by atoms with Crippen LogP contribution < -0.4 is 5.32 Å². The van der Waals surface area contributed by atoms with E-state index in [0.29, 0.717) is 12.5 Å². The van der Waals surface area contributed by atoms with Gasteiger partial charge < -0.3 is 5.32 Å². The van der Waals surface area contributed by atoms with Gasteiger partial charge in [-0.05, 0) is 47.4 Å². The molecule has 0 fully saturated rings. The number of hydrogen-bond acceptors (Lipinski definition) is 3. The Labute approximate surface area is 128 Å². The van der Waals surface area contributed by atoms with Gasteiger partial charge in [-0.25, -0.2) is 0 Å². The summed E-state index contributed by atoms with van der Waals surface area (Å²) in [6.07, 6.45) is 3.92. The van der Waals surface area contributed by atoms with Gasteiger partial charge in [0, 0.05) is 29.0 Å². The van der Waals surface area contributed by atoms with Gasteiger partial charge in [0.25, 0.3) is 0 Å². The maximum atomic E-state index is 4.55. The van der Waals surface area contributed by atoms with E-state index in [0.717, 1.165) is 29.0 Å². The van der Waals surface area contributed by atoms with E-state index in [-0.39, 0.29) is 0 Å². The first kappa shape index (κ1) is 15.2. The SMILES string of the molecule is Cc1nn(Cc2ccc(Br)cn2)cc1CNCC(C)C. The van der Waals surface area contributed by atoms with E-state index in [9.17, 15) is 0 Å². The Balaban J connectivity index is 1.97. The van der Waals surface area contributed by atoms with Gasteiger partial charge in [0.15, 0.2) is 0 Å². The van der Waals surface area contributed by atoms with Crippen molar-refractivity contribution in [1.29, 1.82) is 0 Å². The molecule has 1 N–H and O–H groups in total. The molecule has 0 atom stereocenters. The Bertz CT molecular complexity index is 546. The van der Waals surface area contributed by atoms with Crippen LogP contribution >= 0.6 is 15.9 Å². The average molecular weight is 337 g/mol. The third-order valence-corrected chi connectivity index (χ3v) is 3.50. The van der Waals surface area contributed by atoms with Crippen LogP contribution in [0.15, 0.2) is 29.0 Å². The summed E-state index contributed by atoms with van der Waals surface area (Å²) in [7, 11) is 0. The van der Waals surface area contributed by atoms with Crippen molar-refractivity contribution in [2.75, 3.05) is 6.54 Å². The molecule has 5 heteroatoms. The molecule has 0 amide bonds. The van der Waals surface area contributed by atoms with Crippen LogP contribution in [0.1, 0.15) is 30.8 Å². The molecule has 2 aromatic rings. The molecule has 108 valence electrons. The molecule has 0 aliphatic carbocycles. The Morgan fingerprint density at radius 3 is 2.80 bits per heavy atom. The molecule has 2 heterocycles. The normalized spacial score (nSPS) is 11.2. The van der Waals surface area contributed by atoms with Gasteiger partial charge in [-0.3, -0.25) is 9.67 Å². The number of halogens is 1. The largest absolute Gasteiger partial charge is 0.312 e. The lowest BCUT2D eigenvalue weighted by Crippen LogP contribution is -2.19. The predicted molar refractivity (Wildman–Crippen MR) is 84.5 cm³/mol. The summed E-state index contributed by atoms with van der Waals surface area (Å²) in [4.78, 5) is 4.37. The minimum Gasteiger partial charge on any atom is -0.312 e. The number of pyridine rings is 1. The zero-order valence-corrected chi connectivity index (χ0v) is 13.8. The van der Waals surface area contributed by atoms with Crippen LogP contribution in [0.5, 0.6) is 0 Å². The van der Waals surface area contributed by atoms with Crippen LogP contribution in [0.25, 0.3) is 0 Å². The highest BCUT2D eigenvalue weighted by Crippen LogP contribution is 2.10. The summed E-state index contributed by atoms with van der Waals surface area (Å²) >= 11 is 3.39. The van der Waals surface area contributed by atoms with Crippen molar-refractivity contribution >= 4 is 15.9 Å². The summed E-state index contributed by atoms with van der Waals surface area (Å²) < 4.78 is 2.95. The van der Waals surface area contributed by atoms with Crippen LogP contribution in [0.2, 0.25) is 0 Å². The lowest BCUT2D eigenvalue weighted by Gasteiger charge is -2.05. The average Bonchev–Trinajstić information content (AvgIpc) is 2.72. The molecule has 0 spiro atoms. The number of nitrogens with one attached hydrogen (secondary N) is 1. The van der Waals surface area contributed by atoms with Crippen LogP contribution in [0, 0.1) is 12.8 Å². The quantitative estimate of drug-likeness (QED) is 0.881. The van der Waals surface area contributed by atoms with Gasteiger partial charge in [-0.1, -0.05) is 13.8 Å². The van der Waals surface area contributed by atoms with Crippen molar-refractivity contribution in [3.05, 3.63) is 46.0 Å². The molecule has 0 bridgehead atoms. The topological polar surface area (TPSA) is 42.7 Å². The standard InChI is InChI=1S/C15H21BrN4/c1-11(2)6-17-7-13-9-20(19-12(13)3)10-15-5-4-14(16)8-18-15/h4-5,8-9,11,17H,6-7,10H2,1-3H3. The zero-order chi connectivity index (χ0) is 14.5. The smallest absolute Gasteiger partial charge is 0.0831 e. The molecule has 0 aromatic carbocycles. The van der Waals surface area contributed by atoms with Gasteiger partial charge in [0.1, 0.15) is 0 Å². The van der Waals surface area contributed by atoms with Gasteiger partial charge in [0.2, 0.25) is 0 Å². The van der Waals surface area contributed by atoms with Crippen LogP contribution in [0.3, 0.4) is 0 Å². The Morgan fingerprint density at radius 1 is 1.35 bits per heavy atom. The van der Waals surface area contributed by atoms with E-state index in [2.05, 4.69) is 58.3 Å². The van der Waals surface area contributed by atoms with Crippen molar-refractivity contribution in [3.8, 4) is 0 Å². The fraction of sp³-hybridized carbons (Fsp3) is 0.467. The first-order valence-corrected chi connectivity index (χ1v) is 7.68. The van der Waals surface area contributed by atoms with Crippen molar-refractivity contribution in [1.82, 2.24) is 20.1 Å². The van der Waals surface area contributed by atoms with E-state index >= 15 is 0 Å². The fourth-order valence-electron chi connectivity index (χ4n) is 1.98. The summed E-state index contributed by atoms with van der Waals surface area (Å²) in [5.41, 5.74) is 3.35. The third-order valence-electron chi connectivity index (χ3n) is 3.03. The molecule has 0 unspecified atom stereocenters. The van der Waals surface area contributed by atoms with Gasteiger partial charge >= 0.3 is 0 Å². The summed E-state index contributed by atoms with van der Waals surface area (Å²) in [5.74, 6) is 0.664.